The van der Waals surface area contributed by atoms with E-state index in [1.54, 1.807) is 7.11 Å². The Hall–Kier alpha value is -1.62. The predicted octanol–water partition coefficient (Wildman–Crippen LogP) is 1.08. The van der Waals surface area contributed by atoms with Gasteiger partial charge in [-0.3, -0.25) is 9.78 Å². The summed E-state index contributed by atoms with van der Waals surface area (Å²) in [6.45, 7) is 0. The monoisotopic (exact) mass is 236 g/mol. The van der Waals surface area contributed by atoms with Gasteiger partial charge in [-0.2, -0.15) is 0 Å². The molecule has 2 N–H and O–H groups in total. The number of nitrogens with one attached hydrogen (secondary N) is 1. The Morgan fingerprint density at radius 1 is 1.59 bits per heavy atom. The number of amides is 1. The number of hydrogen-bond donors (Lipinski definition) is 2. The zero-order valence-electron chi connectivity index (χ0n) is 9.72. The van der Waals surface area contributed by atoms with Crippen LogP contribution in [0.5, 0.6) is 5.75 Å². The lowest BCUT2D eigenvalue weighted by molar-refractivity contribution is 0.0912. The topological polar surface area (TPSA) is 71.5 Å². The number of ether oxygens (including phenoxy) is 1. The largest absolute Gasteiger partial charge is 0.505 e. The van der Waals surface area contributed by atoms with Crippen molar-refractivity contribution in [2.45, 2.75) is 31.4 Å². The van der Waals surface area contributed by atoms with Crippen molar-refractivity contribution in [2.75, 3.05) is 7.11 Å². The average Bonchev–Trinajstić information content (AvgIpc) is 2.77. The molecule has 2 rings (SSSR count). The van der Waals surface area contributed by atoms with Gasteiger partial charge in [-0.25, -0.2) is 0 Å². The van der Waals surface area contributed by atoms with Gasteiger partial charge in [0, 0.05) is 19.3 Å². The Labute approximate surface area is 99.8 Å². The van der Waals surface area contributed by atoms with Crippen LogP contribution in [-0.4, -0.2) is 35.3 Å². The molecule has 2 unspecified atom stereocenters. The molecular weight excluding hydrogens is 220 g/mol. The van der Waals surface area contributed by atoms with Gasteiger partial charge in [-0.05, 0) is 25.3 Å². The van der Waals surface area contributed by atoms with E-state index in [0.717, 1.165) is 19.3 Å². The van der Waals surface area contributed by atoms with Crippen LogP contribution in [0.25, 0.3) is 0 Å². The summed E-state index contributed by atoms with van der Waals surface area (Å²) in [4.78, 5) is 15.6. The van der Waals surface area contributed by atoms with Crippen LogP contribution in [0.4, 0.5) is 0 Å². The van der Waals surface area contributed by atoms with Crippen molar-refractivity contribution < 1.29 is 14.6 Å². The molecule has 0 saturated heterocycles. The molecule has 1 fully saturated rings. The second-order valence-electron chi connectivity index (χ2n) is 4.23. The molecule has 5 nitrogen and oxygen atoms in total. The Morgan fingerprint density at radius 2 is 2.41 bits per heavy atom. The first-order valence-electron chi connectivity index (χ1n) is 5.67. The van der Waals surface area contributed by atoms with Gasteiger partial charge in [-0.15, -0.1) is 0 Å². The zero-order chi connectivity index (χ0) is 12.3. The fourth-order valence-corrected chi connectivity index (χ4v) is 2.13. The average molecular weight is 236 g/mol. The molecule has 0 aromatic carbocycles. The smallest absolute Gasteiger partial charge is 0.255 e. The molecule has 1 amide bonds. The van der Waals surface area contributed by atoms with Gasteiger partial charge in [0.1, 0.15) is 5.75 Å². The van der Waals surface area contributed by atoms with Gasteiger partial charge in [0.2, 0.25) is 0 Å². The van der Waals surface area contributed by atoms with Crippen molar-refractivity contribution in [2.24, 2.45) is 0 Å². The van der Waals surface area contributed by atoms with E-state index in [0.29, 0.717) is 0 Å². The minimum Gasteiger partial charge on any atom is -0.505 e. The van der Waals surface area contributed by atoms with E-state index in [1.165, 1.54) is 18.5 Å². The third-order valence-corrected chi connectivity index (χ3v) is 3.10. The molecular formula is C12H16N2O3. The van der Waals surface area contributed by atoms with E-state index >= 15 is 0 Å². The maximum atomic E-state index is 11.9. The van der Waals surface area contributed by atoms with Gasteiger partial charge in [-0.1, -0.05) is 0 Å². The molecule has 1 heterocycles. The van der Waals surface area contributed by atoms with E-state index in [4.69, 9.17) is 4.74 Å². The van der Waals surface area contributed by atoms with Crippen molar-refractivity contribution in [1.29, 1.82) is 0 Å². The number of hydrogen-bond acceptors (Lipinski definition) is 4. The van der Waals surface area contributed by atoms with E-state index in [2.05, 4.69) is 10.3 Å². The molecule has 17 heavy (non-hydrogen) atoms. The Kier molecular flexibility index (Phi) is 3.58. The number of rotatable bonds is 3. The summed E-state index contributed by atoms with van der Waals surface area (Å²) in [7, 11) is 1.68. The summed E-state index contributed by atoms with van der Waals surface area (Å²) in [5, 5.41) is 12.4. The molecule has 92 valence electrons. The molecule has 1 aliphatic carbocycles. The van der Waals surface area contributed by atoms with Crippen LogP contribution in [0.3, 0.4) is 0 Å². The Morgan fingerprint density at radius 3 is 3.06 bits per heavy atom. The molecule has 1 saturated carbocycles. The van der Waals surface area contributed by atoms with Crippen LogP contribution >= 0.6 is 0 Å². The van der Waals surface area contributed by atoms with Crippen molar-refractivity contribution in [3.05, 3.63) is 24.0 Å². The predicted molar refractivity (Wildman–Crippen MR) is 61.8 cm³/mol. The third-order valence-electron chi connectivity index (χ3n) is 3.10. The second-order valence-corrected chi connectivity index (χ2v) is 4.23. The fourth-order valence-electron chi connectivity index (χ4n) is 2.13. The fraction of sp³-hybridized carbons (Fsp3) is 0.500. The highest BCUT2D eigenvalue weighted by Gasteiger charge is 2.26. The Balaban J connectivity index is 1.96. The first-order chi connectivity index (χ1) is 8.20. The molecule has 0 bridgehead atoms. The second kappa shape index (κ2) is 5.14. The number of nitrogens with zero attached hydrogens (tertiary/aromatic N) is 1. The van der Waals surface area contributed by atoms with Crippen LogP contribution in [-0.2, 0) is 4.74 Å². The summed E-state index contributed by atoms with van der Waals surface area (Å²) in [5.74, 6) is -0.349. The maximum absolute atomic E-state index is 11.9. The van der Waals surface area contributed by atoms with E-state index in [1.807, 2.05) is 0 Å². The maximum Gasteiger partial charge on any atom is 0.255 e. The molecule has 1 aromatic heterocycles. The summed E-state index contributed by atoms with van der Waals surface area (Å²) in [5.41, 5.74) is 0.265. The standard InChI is InChI=1S/C12H16N2O3/c1-17-9-3-2-8(6-9)14-12(16)10-4-5-13-7-11(10)15/h4-5,7-9,15H,2-3,6H2,1H3,(H,14,16). The highest BCUT2D eigenvalue weighted by Crippen LogP contribution is 2.22. The summed E-state index contributed by atoms with van der Waals surface area (Å²) < 4.78 is 5.24. The number of aromatic hydroxyl groups is 1. The van der Waals surface area contributed by atoms with Crippen molar-refractivity contribution >= 4 is 5.91 Å². The lowest BCUT2D eigenvalue weighted by Crippen LogP contribution is -2.33. The SMILES string of the molecule is COC1CCC(NC(=O)c2ccncc2O)C1. The van der Waals surface area contributed by atoms with Crippen molar-refractivity contribution in [1.82, 2.24) is 10.3 Å². The van der Waals surface area contributed by atoms with E-state index in [-0.39, 0.29) is 29.4 Å². The minimum atomic E-state index is -0.258. The molecule has 1 aromatic rings. The number of carbonyl (C=O) groups is 1. The third kappa shape index (κ3) is 2.74. The van der Waals surface area contributed by atoms with Crippen LogP contribution in [0.2, 0.25) is 0 Å². The van der Waals surface area contributed by atoms with Crippen LogP contribution in [0, 0.1) is 0 Å². The highest BCUT2D eigenvalue weighted by atomic mass is 16.5. The quantitative estimate of drug-likeness (QED) is 0.824. The van der Waals surface area contributed by atoms with Gasteiger partial charge in [0.25, 0.3) is 5.91 Å². The van der Waals surface area contributed by atoms with Gasteiger partial charge in [0.05, 0.1) is 17.9 Å². The first kappa shape index (κ1) is 11.9. The summed E-state index contributed by atoms with van der Waals surface area (Å²) in [6, 6.07) is 1.63. The molecule has 5 heteroatoms. The molecule has 0 aliphatic heterocycles. The molecule has 2 atom stereocenters. The summed E-state index contributed by atoms with van der Waals surface area (Å²) in [6.07, 6.45) is 5.68. The molecule has 0 radical (unpaired) electrons. The van der Waals surface area contributed by atoms with Crippen molar-refractivity contribution in [3.63, 3.8) is 0 Å². The van der Waals surface area contributed by atoms with E-state index in [9.17, 15) is 9.90 Å². The van der Waals surface area contributed by atoms with Crippen molar-refractivity contribution in [3.8, 4) is 5.75 Å². The van der Waals surface area contributed by atoms with Crippen LogP contribution in [0.1, 0.15) is 29.6 Å². The summed E-state index contributed by atoms with van der Waals surface area (Å²) >= 11 is 0. The number of aromatic nitrogens is 1. The van der Waals surface area contributed by atoms with Gasteiger partial charge in [0.15, 0.2) is 0 Å². The van der Waals surface area contributed by atoms with Gasteiger partial charge >= 0.3 is 0 Å². The number of methoxy groups -OCH3 is 1. The first-order valence-corrected chi connectivity index (χ1v) is 5.67. The zero-order valence-corrected chi connectivity index (χ0v) is 9.72. The minimum absolute atomic E-state index is 0.0914. The Bertz CT molecular complexity index is 408. The molecule has 1 aliphatic rings. The number of pyridine rings is 1. The van der Waals surface area contributed by atoms with Gasteiger partial charge < -0.3 is 15.2 Å². The lowest BCUT2D eigenvalue weighted by Gasteiger charge is -2.13. The van der Waals surface area contributed by atoms with Crippen LogP contribution < -0.4 is 5.32 Å². The number of carbonyl (C=O) groups excluding carboxylic acids is 1. The van der Waals surface area contributed by atoms with Crippen LogP contribution in [0.15, 0.2) is 18.5 Å². The van der Waals surface area contributed by atoms with E-state index < -0.39 is 0 Å². The molecule has 0 spiro atoms. The lowest BCUT2D eigenvalue weighted by atomic mass is 10.2. The normalized spacial score (nSPS) is 23.6. The highest BCUT2D eigenvalue weighted by molar-refractivity contribution is 5.96.